The Balaban J connectivity index is 0.969. The van der Waals surface area contributed by atoms with Gasteiger partial charge in [0, 0.05) is 42.0 Å². The van der Waals surface area contributed by atoms with Gasteiger partial charge >= 0.3 is 18.2 Å². The summed E-state index contributed by atoms with van der Waals surface area (Å²) in [5.74, 6) is -1.01. The number of rotatable bonds is 11. The van der Waals surface area contributed by atoms with Gasteiger partial charge in [-0.1, -0.05) is 37.3 Å². The van der Waals surface area contributed by atoms with E-state index in [1.165, 1.54) is 23.5 Å². The van der Waals surface area contributed by atoms with Crippen LogP contribution in [0, 0.1) is 29.0 Å². The largest absolute Gasteiger partial charge is 0.455 e. The number of benzene rings is 2. The van der Waals surface area contributed by atoms with Gasteiger partial charge in [0.05, 0.1) is 35.2 Å². The van der Waals surface area contributed by atoms with Crippen molar-refractivity contribution in [3.8, 4) is 11.1 Å². The molecule has 3 amide bonds. The Labute approximate surface area is 431 Å². The molecule has 4 bridgehead atoms. The lowest BCUT2D eigenvalue weighted by atomic mass is 9.39. The Morgan fingerprint density at radius 1 is 0.808 bits per heavy atom. The average Bonchev–Trinajstić information content (AvgIpc) is 3.82. The Hall–Kier alpha value is -5.94. The third-order valence-electron chi connectivity index (χ3n) is 14.3. The van der Waals surface area contributed by atoms with Crippen molar-refractivity contribution in [2.24, 2.45) is 16.2 Å². The number of ether oxygens (including phenoxy) is 4. The number of esters is 1. The highest BCUT2D eigenvalue weighted by Crippen LogP contribution is 2.72. The first kappa shape index (κ1) is 51.9. The number of pyridine rings is 1. The summed E-state index contributed by atoms with van der Waals surface area (Å²) in [7, 11) is 0. The zero-order valence-corrected chi connectivity index (χ0v) is 45.2. The monoisotopic (exact) mass is 1020 g/mol. The number of para-hydroxylation sites is 1. The maximum atomic E-state index is 15.1. The predicted octanol–water partition coefficient (Wildman–Crippen LogP) is 12.1. The molecule has 3 aromatic heterocycles. The van der Waals surface area contributed by atoms with E-state index in [0.717, 1.165) is 70.5 Å². The Kier molecular flexibility index (Phi) is 13.1. The van der Waals surface area contributed by atoms with Crippen molar-refractivity contribution in [3.05, 3.63) is 88.6 Å². The van der Waals surface area contributed by atoms with Crippen LogP contribution in [0.3, 0.4) is 0 Å². The molecule has 4 fully saturated rings. The normalized spacial score (nSPS) is 23.5. The minimum atomic E-state index is -0.813. The van der Waals surface area contributed by atoms with E-state index in [4.69, 9.17) is 29.0 Å². The van der Waals surface area contributed by atoms with Crippen LogP contribution in [0.4, 0.5) is 24.9 Å². The lowest BCUT2D eigenvalue weighted by Crippen LogP contribution is -2.64. The van der Waals surface area contributed by atoms with Crippen molar-refractivity contribution >= 4 is 56.6 Å². The van der Waals surface area contributed by atoms with Crippen LogP contribution in [0.15, 0.2) is 54.7 Å². The second kappa shape index (κ2) is 18.5. The van der Waals surface area contributed by atoms with Gasteiger partial charge in [0.2, 0.25) is 0 Å². The number of amides is 3. The molecule has 73 heavy (non-hydrogen) atoms. The smallest absolute Gasteiger partial charge is 0.419 e. The van der Waals surface area contributed by atoms with Crippen LogP contribution in [0.2, 0.25) is 0 Å². The Bertz CT molecular complexity index is 2920. The summed E-state index contributed by atoms with van der Waals surface area (Å²) in [4.78, 5) is 67.4. The van der Waals surface area contributed by atoms with E-state index in [0.29, 0.717) is 41.6 Å². The molecular formula is C56H70FN7O8S. The summed E-state index contributed by atoms with van der Waals surface area (Å²) in [5, 5.41) is 8.33. The van der Waals surface area contributed by atoms with Gasteiger partial charge in [-0.2, -0.15) is 5.10 Å². The van der Waals surface area contributed by atoms with Crippen molar-refractivity contribution < 1.29 is 42.5 Å². The fourth-order valence-corrected chi connectivity index (χ4v) is 13.9. The topological polar surface area (TPSA) is 167 Å². The molecule has 4 heterocycles. The quantitative estimate of drug-likeness (QED) is 0.0984. The summed E-state index contributed by atoms with van der Waals surface area (Å²) in [6, 6.07) is 14.1. The minimum Gasteiger partial charge on any atom is -0.455 e. The van der Waals surface area contributed by atoms with Gasteiger partial charge in [-0.05, 0) is 178 Å². The Morgan fingerprint density at radius 2 is 1.47 bits per heavy atom. The maximum Gasteiger partial charge on any atom is 0.419 e. The van der Waals surface area contributed by atoms with E-state index in [2.05, 4.69) is 28.8 Å². The molecule has 1 N–H and O–H groups in total. The summed E-state index contributed by atoms with van der Waals surface area (Å²) in [5.41, 5.74) is 1.66. The molecule has 2 unspecified atom stereocenters. The number of halogens is 1. The van der Waals surface area contributed by atoms with Gasteiger partial charge in [-0.25, -0.2) is 33.6 Å². The number of aromatic nitrogens is 4. The fourth-order valence-electron chi connectivity index (χ4n) is 13.0. The Morgan fingerprint density at radius 3 is 2.11 bits per heavy atom. The molecule has 4 aliphatic carbocycles. The second-order valence-electron chi connectivity index (χ2n) is 24.9. The highest BCUT2D eigenvalue weighted by Gasteiger charge is 2.66. The molecule has 5 aliphatic rings. The molecule has 2 atom stereocenters. The summed E-state index contributed by atoms with van der Waals surface area (Å²) < 4.78 is 42.3. The molecule has 0 radical (unpaired) electrons. The van der Waals surface area contributed by atoms with Crippen LogP contribution in [0.25, 0.3) is 21.3 Å². The molecule has 1 aliphatic heterocycles. The number of imide groups is 1. The van der Waals surface area contributed by atoms with Crippen molar-refractivity contribution in [3.63, 3.8) is 0 Å². The van der Waals surface area contributed by atoms with Gasteiger partial charge in [0.25, 0.3) is 5.91 Å². The molecular weight excluding hydrogens is 950 g/mol. The number of carbonyl (C=O) groups excluding carboxylic acids is 4. The number of thiazole rings is 1. The first-order chi connectivity index (χ1) is 34.0. The molecule has 5 aromatic rings. The van der Waals surface area contributed by atoms with E-state index in [-0.39, 0.29) is 47.2 Å². The number of anilines is 2. The van der Waals surface area contributed by atoms with Crippen LogP contribution < -0.4 is 10.2 Å². The van der Waals surface area contributed by atoms with Gasteiger partial charge in [-0.15, -0.1) is 0 Å². The third-order valence-corrected chi connectivity index (χ3v) is 15.3. The molecule has 4 saturated carbocycles. The predicted molar refractivity (Wildman–Crippen MR) is 278 cm³/mol. The first-order valence-corrected chi connectivity index (χ1v) is 26.2. The van der Waals surface area contributed by atoms with E-state index in [1.807, 2.05) is 69.0 Å². The second-order valence-corrected chi connectivity index (χ2v) is 25.9. The molecule has 15 nitrogen and oxygen atoms in total. The number of carbonyl (C=O) groups is 4. The minimum absolute atomic E-state index is 0.00284. The van der Waals surface area contributed by atoms with E-state index < -0.39 is 52.3 Å². The van der Waals surface area contributed by atoms with Gasteiger partial charge in [0.15, 0.2) is 10.8 Å². The number of hydrogen-bond donors (Lipinski definition) is 1. The van der Waals surface area contributed by atoms with Crippen LogP contribution >= 0.6 is 11.3 Å². The maximum absolute atomic E-state index is 15.1. The lowest BCUT2D eigenvalue weighted by molar-refractivity contribution is -0.248. The first-order valence-electron chi connectivity index (χ1n) is 25.4. The van der Waals surface area contributed by atoms with Crippen LogP contribution in [-0.2, 0) is 38.5 Å². The number of nitrogens with one attached hydrogen (secondary N) is 1. The summed E-state index contributed by atoms with van der Waals surface area (Å²) in [6.45, 7) is 24.2. The SMILES string of the molecule is Cc1c(-c2ccc(N3CCc4cc(F)cc(C(=O)Nc5nc6ccccc6s5)c4C3)nc2C(=O)OC(C)(C)C)cnn1CC12CC3(C)CC(C)(C1)CC(OCCN(C(=O)OC(C)(C)C)C(=O)OC(C)(C)C)(C3)C2. The number of nitrogens with zero attached hydrogens (tertiary/aromatic N) is 6. The zero-order chi connectivity index (χ0) is 52.7. The summed E-state index contributed by atoms with van der Waals surface area (Å²) >= 11 is 1.35. The van der Waals surface area contributed by atoms with Gasteiger partial charge in [-0.3, -0.25) is 14.8 Å². The third kappa shape index (κ3) is 11.3. The number of hydrogen-bond acceptors (Lipinski definition) is 13. The van der Waals surface area contributed by atoms with E-state index in [9.17, 15) is 19.2 Å². The van der Waals surface area contributed by atoms with Crippen molar-refractivity contribution in [1.29, 1.82) is 0 Å². The van der Waals surface area contributed by atoms with Gasteiger partial charge < -0.3 is 23.8 Å². The van der Waals surface area contributed by atoms with Crippen LogP contribution in [0.1, 0.15) is 152 Å². The van der Waals surface area contributed by atoms with Crippen molar-refractivity contribution in [1.82, 2.24) is 24.6 Å². The highest BCUT2D eigenvalue weighted by molar-refractivity contribution is 7.22. The molecule has 10 rings (SSSR count). The molecule has 0 saturated heterocycles. The van der Waals surface area contributed by atoms with Crippen molar-refractivity contribution in [2.75, 3.05) is 29.9 Å². The lowest BCUT2D eigenvalue weighted by Gasteiger charge is -2.69. The highest BCUT2D eigenvalue weighted by atomic mass is 32.1. The average molecular weight is 1020 g/mol. The van der Waals surface area contributed by atoms with E-state index >= 15 is 4.39 Å². The standard InChI is InChI=1S/C56H70FN7O8S/c1-34-39(25-58-64(34)33-55-28-53(11)27-54(12,29-55)31-56(30-53,32-55)69-22-21-63(48(67)71-51(5,6)7)49(68)72-52(8,9)10)37-17-18-43(60-44(37)46(66)70-50(2,3)4)62-20-19-35-23-36(57)24-38(40(35)26-62)45(65)61-47-59-41-15-13-14-16-42(41)73-47/h13-18,23-25H,19-22,26-33H2,1-12H3,(H,59,61,65). The summed E-state index contributed by atoms with van der Waals surface area (Å²) in [6.07, 6.45) is 6.30. The van der Waals surface area contributed by atoms with Crippen molar-refractivity contribution in [2.45, 2.75) is 164 Å². The molecule has 390 valence electrons. The van der Waals surface area contributed by atoms with Crippen LogP contribution in [-0.4, -0.2) is 90.8 Å². The van der Waals surface area contributed by atoms with Crippen LogP contribution in [0.5, 0.6) is 0 Å². The molecule has 0 spiro atoms. The fraction of sp³-hybridized carbons (Fsp3) is 0.554. The number of fused-ring (bicyclic) bond motifs is 2. The van der Waals surface area contributed by atoms with E-state index in [1.54, 1.807) is 47.7 Å². The van der Waals surface area contributed by atoms with Gasteiger partial charge in [0.1, 0.15) is 28.4 Å². The zero-order valence-electron chi connectivity index (χ0n) is 44.4. The molecule has 17 heteroatoms. The molecule has 2 aromatic carbocycles.